The van der Waals surface area contributed by atoms with Gasteiger partial charge in [0.1, 0.15) is 5.76 Å². The molecule has 4 heterocycles. The van der Waals surface area contributed by atoms with E-state index in [0.717, 1.165) is 43.1 Å². The molecular formula is C21H22F3N3O4S. The predicted octanol–water partition coefficient (Wildman–Crippen LogP) is 3.99. The number of furan rings is 1. The largest absolute Gasteiger partial charge is 0.447 e. The minimum Gasteiger partial charge on any atom is -0.447 e. The fourth-order valence-corrected chi connectivity index (χ4v) is 5.86. The molecule has 11 heteroatoms. The van der Waals surface area contributed by atoms with E-state index in [9.17, 15) is 26.4 Å². The van der Waals surface area contributed by atoms with E-state index in [1.165, 1.54) is 12.1 Å². The number of urea groups is 1. The third kappa shape index (κ3) is 3.77. The maximum Gasteiger partial charge on any atom is 0.418 e. The van der Waals surface area contributed by atoms with Crippen LogP contribution in [0.4, 0.5) is 23.7 Å². The molecule has 0 unspecified atom stereocenters. The zero-order valence-corrected chi connectivity index (χ0v) is 17.9. The van der Waals surface area contributed by atoms with Crippen LogP contribution in [0.2, 0.25) is 0 Å². The Morgan fingerprint density at radius 2 is 1.88 bits per heavy atom. The second-order valence-electron chi connectivity index (χ2n) is 8.54. The van der Waals surface area contributed by atoms with Gasteiger partial charge < -0.3 is 9.73 Å². The summed E-state index contributed by atoms with van der Waals surface area (Å²) in [5.41, 5.74) is 0.491. The first-order chi connectivity index (χ1) is 15.1. The van der Waals surface area contributed by atoms with E-state index < -0.39 is 32.9 Å². The number of halogens is 3. The Hall–Kier alpha value is -2.53. The molecule has 1 fully saturated rings. The van der Waals surface area contributed by atoms with Crippen molar-refractivity contribution in [3.63, 3.8) is 0 Å². The molecule has 2 bridgehead atoms. The van der Waals surface area contributed by atoms with Crippen LogP contribution in [-0.4, -0.2) is 32.4 Å². The van der Waals surface area contributed by atoms with Gasteiger partial charge in [-0.2, -0.15) is 21.6 Å². The van der Waals surface area contributed by atoms with Crippen LogP contribution in [-0.2, 0) is 35.6 Å². The number of nitrogens with zero attached hydrogens (tertiary/aromatic N) is 1. The van der Waals surface area contributed by atoms with Crippen molar-refractivity contribution in [3.05, 3.63) is 46.2 Å². The molecule has 2 aromatic rings. The monoisotopic (exact) mass is 469 g/mol. The molecule has 6 rings (SSSR count). The van der Waals surface area contributed by atoms with Crippen molar-refractivity contribution in [1.82, 2.24) is 9.62 Å². The third-order valence-corrected chi connectivity index (χ3v) is 7.68. The summed E-state index contributed by atoms with van der Waals surface area (Å²) >= 11 is 0. The number of sulfonamides is 1. The molecular weight excluding hydrogens is 447 g/mol. The summed E-state index contributed by atoms with van der Waals surface area (Å²) in [4.78, 5) is 14.7. The molecule has 2 N–H and O–H groups in total. The van der Waals surface area contributed by atoms with Gasteiger partial charge in [-0.15, -0.1) is 0 Å². The van der Waals surface area contributed by atoms with Gasteiger partial charge in [0.05, 0.1) is 11.3 Å². The highest BCUT2D eigenvalue weighted by Gasteiger charge is 2.37. The molecule has 2 amide bonds. The molecule has 172 valence electrons. The van der Waals surface area contributed by atoms with Gasteiger partial charge in [0.2, 0.25) is 5.09 Å². The Morgan fingerprint density at radius 1 is 1.12 bits per heavy atom. The van der Waals surface area contributed by atoms with Gasteiger partial charge in [-0.05, 0) is 62.4 Å². The van der Waals surface area contributed by atoms with Crippen molar-refractivity contribution in [3.8, 4) is 0 Å². The topological polar surface area (TPSA) is 91.7 Å². The number of fused-ring (bicyclic) bond motifs is 3. The average Bonchev–Trinajstić information content (AvgIpc) is 3.29. The SMILES string of the molecule is O=C(Nc1c(C(F)(F)F)ccc2c1CCC2)NS(=O)(=O)c1cc2c(o1)C1CCN(CC1)C2. The molecule has 0 saturated carbocycles. The number of carbonyl (C=O) groups is 1. The third-order valence-electron chi connectivity index (χ3n) is 6.49. The Balaban J connectivity index is 1.39. The van der Waals surface area contributed by atoms with E-state index in [2.05, 4.69) is 10.2 Å². The Bertz CT molecular complexity index is 1180. The van der Waals surface area contributed by atoms with Crippen LogP contribution in [0.25, 0.3) is 0 Å². The van der Waals surface area contributed by atoms with Crippen molar-refractivity contribution < 1.29 is 30.8 Å². The van der Waals surface area contributed by atoms with Crippen LogP contribution < -0.4 is 10.0 Å². The smallest absolute Gasteiger partial charge is 0.418 e. The molecule has 1 aromatic heterocycles. The predicted molar refractivity (Wildman–Crippen MR) is 109 cm³/mol. The first kappa shape index (κ1) is 21.3. The number of hydrogen-bond acceptors (Lipinski definition) is 5. The average molecular weight is 469 g/mol. The first-order valence-electron chi connectivity index (χ1n) is 10.5. The van der Waals surface area contributed by atoms with Crippen molar-refractivity contribution in [2.24, 2.45) is 0 Å². The number of amides is 2. The van der Waals surface area contributed by atoms with Gasteiger partial charge >= 0.3 is 12.2 Å². The second kappa shape index (κ2) is 7.51. The number of anilines is 1. The molecule has 7 nitrogen and oxygen atoms in total. The summed E-state index contributed by atoms with van der Waals surface area (Å²) in [6.07, 6.45) is -1.29. The molecule has 32 heavy (non-hydrogen) atoms. The normalized spacial score (nSPS) is 22.2. The fourth-order valence-electron chi connectivity index (χ4n) is 4.97. The lowest BCUT2D eigenvalue weighted by Crippen LogP contribution is -2.35. The van der Waals surface area contributed by atoms with Crippen LogP contribution in [0.3, 0.4) is 0 Å². The minimum absolute atomic E-state index is 0.128. The van der Waals surface area contributed by atoms with E-state index in [1.54, 1.807) is 0 Å². The minimum atomic E-state index is -4.69. The van der Waals surface area contributed by atoms with Gasteiger partial charge in [-0.1, -0.05) is 6.07 Å². The number of piperidine rings is 1. The lowest BCUT2D eigenvalue weighted by molar-refractivity contribution is -0.136. The maximum atomic E-state index is 13.5. The standard InChI is InChI=1S/C21H22F3N3O4S/c22-21(23,24)16-5-4-12-2-1-3-15(12)18(16)25-20(28)26-32(29,30)17-10-14-11-27-8-6-13(7-9-27)19(14)31-17/h4-5,10,13H,1-3,6-9,11H2,(H2,25,26,28). The highest BCUT2D eigenvalue weighted by Crippen LogP contribution is 2.41. The Kier molecular flexibility index (Phi) is 5.01. The highest BCUT2D eigenvalue weighted by molar-refractivity contribution is 7.89. The van der Waals surface area contributed by atoms with Gasteiger partial charge in [0, 0.05) is 24.1 Å². The number of carbonyl (C=O) groups excluding carboxylic acids is 1. The van der Waals surface area contributed by atoms with E-state index in [1.807, 2.05) is 4.72 Å². The molecule has 1 aliphatic carbocycles. The first-order valence-corrected chi connectivity index (χ1v) is 12.0. The van der Waals surface area contributed by atoms with Crippen molar-refractivity contribution >= 4 is 21.7 Å². The summed E-state index contributed by atoms with van der Waals surface area (Å²) < 4.78 is 73.5. The molecule has 3 aliphatic heterocycles. The lowest BCUT2D eigenvalue weighted by Gasteiger charge is -2.26. The van der Waals surface area contributed by atoms with E-state index in [-0.39, 0.29) is 11.6 Å². The summed E-state index contributed by atoms with van der Waals surface area (Å²) in [7, 11) is -4.39. The number of alkyl halides is 3. The number of benzene rings is 1. The van der Waals surface area contributed by atoms with E-state index in [0.29, 0.717) is 37.1 Å². The van der Waals surface area contributed by atoms with E-state index >= 15 is 0 Å². The zero-order valence-electron chi connectivity index (χ0n) is 17.1. The molecule has 0 atom stereocenters. The lowest BCUT2D eigenvalue weighted by atomic mass is 9.95. The van der Waals surface area contributed by atoms with Crippen LogP contribution >= 0.6 is 0 Å². The van der Waals surface area contributed by atoms with Crippen LogP contribution in [0.15, 0.2) is 27.7 Å². The second-order valence-corrected chi connectivity index (χ2v) is 10.2. The summed E-state index contributed by atoms with van der Waals surface area (Å²) in [6, 6.07) is 2.48. The van der Waals surface area contributed by atoms with Crippen LogP contribution in [0, 0.1) is 0 Å². The zero-order chi connectivity index (χ0) is 22.7. The van der Waals surface area contributed by atoms with E-state index in [4.69, 9.17) is 4.42 Å². The molecule has 4 aliphatic rings. The summed E-state index contributed by atoms with van der Waals surface area (Å²) in [5.74, 6) is 0.744. The molecule has 0 spiro atoms. The maximum absolute atomic E-state index is 13.5. The Labute approximate surface area is 183 Å². The van der Waals surface area contributed by atoms with Crippen LogP contribution in [0.5, 0.6) is 0 Å². The van der Waals surface area contributed by atoms with Crippen molar-refractivity contribution in [2.45, 2.75) is 55.8 Å². The van der Waals surface area contributed by atoms with Crippen LogP contribution in [0.1, 0.15) is 53.2 Å². The quantitative estimate of drug-likeness (QED) is 0.709. The summed E-state index contributed by atoms with van der Waals surface area (Å²) in [6.45, 7) is 2.41. The number of aryl methyl sites for hydroxylation is 1. The van der Waals surface area contributed by atoms with Gasteiger partial charge in [0.25, 0.3) is 10.0 Å². The van der Waals surface area contributed by atoms with Gasteiger partial charge in [-0.3, -0.25) is 4.90 Å². The fraction of sp³-hybridized carbons (Fsp3) is 0.476. The van der Waals surface area contributed by atoms with Gasteiger partial charge in [0.15, 0.2) is 0 Å². The molecule has 0 radical (unpaired) electrons. The number of hydrogen-bond donors (Lipinski definition) is 2. The molecule has 1 aromatic carbocycles. The van der Waals surface area contributed by atoms with Crippen molar-refractivity contribution in [1.29, 1.82) is 0 Å². The van der Waals surface area contributed by atoms with Crippen molar-refractivity contribution in [2.75, 3.05) is 18.4 Å². The summed E-state index contributed by atoms with van der Waals surface area (Å²) in [5, 5.41) is 1.74. The van der Waals surface area contributed by atoms with Gasteiger partial charge in [-0.25, -0.2) is 9.52 Å². The Morgan fingerprint density at radius 3 is 2.59 bits per heavy atom. The number of rotatable bonds is 3. The highest BCUT2D eigenvalue weighted by atomic mass is 32.2. The molecule has 1 saturated heterocycles. The number of nitrogens with one attached hydrogen (secondary N) is 2.